The Morgan fingerprint density at radius 1 is 1.03 bits per heavy atom. The number of amides is 1. The third-order valence-corrected chi connectivity index (χ3v) is 4.83. The lowest BCUT2D eigenvalue weighted by Gasteiger charge is -2.17. The zero-order valence-electron chi connectivity index (χ0n) is 15.9. The highest BCUT2D eigenvalue weighted by Crippen LogP contribution is 2.24. The summed E-state index contributed by atoms with van der Waals surface area (Å²) in [7, 11) is 1.78. The zero-order valence-corrected chi connectivity index (χ0v) is 16.6. The zero-order chi connectivity index (χ0) is 20.2. The summed E-state index contributed by atoms with van der Waals surface area (Å²) in [5.41, 5.74) is 3.82. The molecule has 4 rings (SSSR count). The van der Waals surface area contributed by atoms with Crippen LogP contribution >= 0.6 is 11.6 Å². The smallest absolute Gasteiger partial charge is 0.257 e. The Labute approximate surface area is 174 Å². The maximum Gasteiger partial charge on any atom is 0.257 e. The lowest BCUT2D eigenvalue weighted by Crippen LogP contribution is -2.26. The summed E-state index contributed by atoms with van der Waals surface area (Å²) >= 11 is 5.96. The molecular formula is C23H19ClN4O. The van der Waals surface area contributed by atoms with Gasteiger partial charge in [-0.25, -0.2) is 4.68 Å². The van der Waals surface area contributed by atoms with Crippen molar-refractivity contribution in [2.75, 3.05) is 7.05 Å². The van der Waals surface area contributed by atoms with Crippen molar-refractivity contribution in [3.63, 3.8) is 0 Å². The van der Waals surface area contributed by atoms with Gasteiger partial charge in [-0.05, 0) is 42.0 Å². The van der Waals surface area contributed by atoms with Crippen LogP contribution in [0.3, 0.4) is 0 Å². The van der Waals surface area contributed by atoms with E-state index in [1.54, 1.807) is 35.2 Å². The van der Waals surface area contributed by atoms with Crippen LogP contribution in [0.1, 0.15) is 15.9 Å². The molecule has 0 atom stereocenters. The molecule has 0 fully saturated rings. The van der Waals surface area contributed by atoms with Crippen molar-refractivity contribution in [2.24, 2.45) is 0 Å². The maximum absolute atomic E-state index is 13.3. The number of halogens is 1. The van der Waals surface area contributed by atoms with Crippen molar-refractivity contribution in [1.29, 1.82) is 0 Å². The van der Waals surface area contributed by atoms with Crippen molar-refractivity contribution in [1.82, 2.24) is 19.7 Å². The number of nitrogens with zero attached hydrogens (tertiary/aromatic N) is 4. The quantitative estimate of drug-likeness (QED) is 0.479. The first-order chi connectivity index (χ1) is 14.1. The van der Waals surface area contributed by atoms with Gasteiger partial charge in [-0.2, -0.15) is 5.10 Å². The van der Waals surface area contributed by atoms with Crippen LogP contribution in [0.4, 0.5) is 0 Å². The molecule has 0 unspecified atom stereocenters. The van der Waals surface area contributed by atoms with Crippen LogP contribution in [-0.2, 0) is 6.54 Å². The normalized spacial score (nSPS) is 10.7. The van der Waals surface area contributed by atoms with Crippen molar-refractivity contribution in [3.05, 3.63) is 101 Å². The topological polar surface area (TPSA) is 51.0 Å². The molecular weight excluding hydrogens is 384 g/mol. The summed E-state index contributed by atoms with van der Waals surface area (Å²) in [5, 5.41) is 5.36. The first-order valence-corrected chi connectivity index (χ1v) is 9.55. The predicted octanol–water partition coefficient (Wildman–Crippen LogP) is 4.86. The number of carbonyl (C=O) groups excluding carboxylic acids is 1. The molecule has 0 aliphatic rings. The summed E-state index contributed by atoms with van der Waals surface area (Å²) < 4.78 is 1.73. The van der Waals surface area contributed by atoms with E-state index in [4.69, 9.17) is 11.6 Å². The Hall–Kier alpha value is -3.44. The molecule has 2 aromatic heterocycles. The van der Waals surface area contributed by atoms with Gasteiger partial charge in [0.15, 0.2) is 0 Å². The summed E-state index contributed by atoms with van der Waals surface area (Å²) in [4.78, 5) is 19.1. The van der Waals surface area contributed by atoms with Crippen LogP contribution in [0.15, 0.2) is 85.3 Å². The SMILES string of the molecule is CN(Cc1ccc(Cl)cc1)C(=O)c1cn(-c2ccccc2)nc1-c1cccnc1. The van der Waals surface area contributed by atoms with Gasteiger partial charge in [-0.3, -0.25) is 9.78 Å². The molecule has 0 N–H and O–H groups in total. The summed E-state index contributed by atoms with van der Waals surface area (Å²) in [5.74, 6) is -0.110. The first-order valence-electron chi connectivity index (χ1n) is 9.17. The summed E-state index contributed by atoms with van der Waals surface area (Å²) in [6.07, 6.45) is 5.19. The van der Waals surface area contributed by atoms with E-state index in [1.807, 2.05) is 66.7 Å². The second kappa shape index (κ2) is 8.29. The molecule has 5 nitrogen and oxygen atoms in total. The second-order valence-corrected chi connectivity index (χ2v) is 7.14. The standard InChI is InChI=1S/C23H19ClN4O/c1-27(15-17-9-11-19(24)12-10-17)23(29)21-16-28(20-7-3-2-4-8-20)26-22(21)18-6-5-13-25-14-18/h2-14,16H,15H2,1H3. The van der Waals surface area contributed by atoms with Gasteiger partial charge in [-0.1, -0.05) is 41.9 Å². The van der Waals surface area contributed by atoms with E-state index in [1.165, 1.54) is 0 Å². The van der Waals surface area contributed by atoms with Crippen LogP contribution in [0, 0.1) is 0 Å². The number of aromatic nitrogens is 3. The van der Waals surface area contributed by atoms with Gasteiger partial charge in [0.25, 0.3) is 5.91 Å². The van der Waals surface area contributed by atoms with Crippen LogP contribution < -0.4 is 0 Å². The van der Waals surface area contributed by atoms with E-state index < -0.39 is 0 Å². The van der Waals surface area contributed by atoms with Gasteiger partial charge in [0.1, 0.15) is 5.69 Å². The molecule has 0 aliphatic heterocycles. The lowest BCUT2D eigenvalue weighted by atomic mass is 10.1. The molecule has 0 bridgehead atoms. The fourth-order valence-electron chi connectivity index (χ4n) is 3.10. The Bertz CT molecular complexity index is 1110. The lowest BCUT2D eigenvalue weighted by molar-refractivity contribution is 0.0786. The molecule has 0 aliphatic carbocycles. The Kier molecular flexibility index (Phi) is 5.40. The third kappa shape index (κ3) is 4.20. The van der Waals surface area contributed by atoms with Crippen LogP contribution in [-0.4, -0.2) is 32.6 Å². The maximum atomic E-state index is 13.3. The molecule has 1 amide bonds. The van der Waals surface area contributed by atoms with E-state index in [2.05, 4.69) is 10.1 Å². The van der Waals surface area contributed by atoms with Crippen molar-refractivity contribution >= 4 is 17.5 Å². The van der Waals surface area contributed by atoms with E-state index in [9.17, 15) is 4.79 Å². The van der Waals surface area contributed by atoms with Crippen LogP contribution in [0.2, 0.25) is 5.02 Å². The molecule has 0 saturated carbocycles. The van der Waals surface area contributed by atoms with Crippen molar-refractivity contribution in [2.45, 2.75) is 6.54 Å². The Morgan fingerprint density at radius 3 is 2.48 bits per heavy atom. The fraction of sp³-hybridized carbons (Fsp3) is 0.0870. The molecule has 144 valence electrons. The average molecular weight is 403 g/mol. The van der Waals surface area contributed by atoms with Gasteiger partial charge >= 0.3 is 0 Å². The van der Waals surface area contributed by atoms with E-state index in [0.717, 1.165) is 16.8 Å². The molecule has 0 saturated heterocycles. The van der Waals surface area contributed by atoms with E-state index in [-0.39, 0.29) is 5.91 Å². The Morgan fingerprint density at radius 2 is 1.79 bits per heavy atom. The minimum absolute atomic E-state index is 0.110. The molecule has 29 heavy (non-hydrogen) atoms. The highest BCUT2D eigenvalue weighted by atomic mass is 35.5. The summed E-state index contributed by atoms with van der Waals surface area (Å²) in [6.45, 7) is 0.471. The average Bonchev–Trinajstić information content (AvgIpc) is 3.21. The molecule has 6 heteroatoms. The first kappa shape index (κ1) is 18.9. The highest BCUT2D eigenvalue weighted by molar-refractivity contribution is 6.30. The van der Waals surface area contributed by atoms with Gasteiger partial charge in [0, 0.05) is 42.8 Å². The van der Waals surface area contributed by atoms with Gasteiger partial charge < -0.3 is 4.90 Å². The van der Waals surface area contributed by atoms with Crippen molar-refractivity contribution < 1.29 is 4.79 Å². The van der Waals surface area contributed by atoms with Crippen LogP contribution in [0.25, 0.3) is 16.9 Å². The molecule has 4 aromatic rings. The molecule has 0 spiro atoms. The minimum atomic E-state index is -0.110. The van der Waals surface area contributed by atoms with E-state index >= 15 is 0 Å². The second-order valence-electron chi connectivity index (χ2n) is 6.70. The largest absolute Gasteiger partial charge is 0.337 e. The minimum Gasteiger partial charge on any atom is -0.337 e. The molecule has 0 radical (unpaired) electrons. The van der Waals surface area contributed by atoms with E-state index in [0.29, 0.717) is 22.8 Å². The third-order valence-electron chi connectivity index (χ3n) is 4.58. The number of rotatable bonds is 5. The molecule has 2 heterocycles. The predicted molar refractivity (Wildman–Crippen MR) is 114 cm³/mol. The van der Waals surface area contributed by atoms with Crippen LogP contribution in [0.5, 0.6) is 0 Å². The number of pyridine rings is 1. The fourth-order valence-corrected chi connectivity index (χ4v) is 3.23. The van der Waals surface area contributed by atoms with Gasteiger partial charge in [-0.15, -0.1) is 0 Å². The van der Waals surface area contributed by atoms with Crippen molar-refractivity contribution in [3.8, 4) is 16.9 Å². The van der Waals surface area contributed by atoms with Gasteiger partial charge in [0.05, 0.1) is 11.3 Å². The number of carbonyl (C=O) groups is 1. The monoisotopic (exact) mass is 402 g/mol. The number of hydrogen-bond acceptors (Lipinski definition) is 3. The highest BCUT2D eigenvalue weighted by Gasteiger charge is 2.22. The van der Waals surface area contributed by atoms with Gasteiger partial charge in [0.2, 0.25) is 0 Å². The number of benzene rings is 2. The summed E-state index contributed by atoms with van der Waals surface area (Å²) in [6, 6.07) is 20.9. The Balaban J connectivity index is 1.70. The number of para-hydroxylation sites is 1. The number of hydrogen-bond donors (Lipinski definition) is 0. The molecule has 2 aromatic carbocycles.